The second kappa shape index (κ2) is 4.62. The van der Waals surface area contributed by atoms with Crippen LogP contribution in [0.1, 0.15) is 15.9 Å². The van der Waals surface area contributed by atoms with E-state index in [1.807, 2.05) is 0 Å². The van der Waals surface area contributed by atoms with Crippen molar-refractivity contribution in [1.29, 1.82) is 0 Å². The summed E-state index contributed by atoms with van der Waals surface area (Å²) >= 11 is 0. The van der Waals surface area contributed by atoms with Crippen LogP contribution in [-0.4, -0.2) is 25.2 Å². The van der Waals surface area contributed by atoms with Gasteiger partial charge in [0, 0.05) is 12.6 Å². The molecule has 4 heteroatoms. The Balaban J connectivity index is 3.10. The minimum Gasteiger partial charge on any atom is -0.497 e. The number of amides is 1. The summed E-state index contributed by atoms with van der Waals surface area (Å²) in [6.07, 6.45) is 0. The molecule has 0 aliphatic rings. The quantitative estimate of drug-likeness (QED) is 0.740. The standard InChI is InChI=1S/C10H13NO3/c1-11-10(13)8-3-7(6-12)4-9(5-8)14-2/h3-5,12H,6H2,1-2H3,(H,11,13). The first kappa shape index (κ1) is 10.5. The highest BCUT2D eigenvalue weighted by Gasteiger charge is 2.06. The average Bonchev–Trinajstić information content (AvgIpc) is 2.27. The Labute approximate surface area is 82.5 Å². The van der Waals surface area contributed by atoms with E-state index in [2.05, 4.69) is 5.32 Å². The summed E-state index contributed by atoms with van der Waals surface area (Å²) in [5, 5.41) is 11.5. The molecule has 14 heavy (non-hydrogen) atoms. The van der Waals surface area contributed by atoms with Gasteiger partial charge in [0.25, 0.3) is 5.91 Å². The molecule has 0 spiro atoms. The van der Waals surface area contributed by atoms with Gasteiger partial charge < -0.3 is 15.2 Å². The Hall–Kier alpha value is -1.55. The smallest absolute Gasteiger partial charge is 0.251 e. The third-order valence-electron chi connectivity index (χ3n) is 1.87. The summed E-state index contributed by atoms with van der Waals surface area (Å²) in [5.74, 6) is 0.369. The highest BCUT2D eigenvalue weighted by molar-refractivity contribution is 5.94. The summed E-state index contributed by atoms with van der Waals surface area (Å²) in [6, 6.07) is 4.94. The molecule has 4 nitrogen and oxygen atoms in total. The predicted molar refractivity (Wildman–Crippen MR) is 52.3 cm³/mol. The van der Waals surface area contributed by atoms with Crippen LogP contribution in [0.25, 0.3) is 0 Å². The zero-order valence-corrected chi connectivity index (χ0v) is 8.20. The number of hydrogen-bond donors (Lipinski definition) is 2. The first-order chi connectivity index (χ1) is 6.71. The number of nitrogens with one attached hydrogen (secondary N) is 1. The summed E-state index contributed by atoms with van der Waals surface area (Å²) in [5.41, 5.74) is 1.14. The molecule has 0 aromatic heterocycles. The van der Waals surface area contributed by atoms with Crippen LogP contribution in [0.5, 0.6) is 5.75 Å². The zero-order valence-electron chi connectivity index (χ0n) is 8.20. The number of ether oxygens (including phenoxy) is 1. The Kier molecular flexibility index (Phi) is 3.48. The molecule has 0 atom stereocenters. The van der Waals surface area contributed by atoms with Gasteiger partial charge in [-0.05, 0) is 23.8 Å². The first-order valence-corrected chi connectivity index (χ1v) is 4.22. The van der Waals surface area contributed by atoms with Gasteiger partial charge in [0.1, 0.15) is 5.75 Å². The lowest BCUT2D eigenvalue weighted by Gasteiger charge is -2.06. The maximum Gasteiger partial charge on any atom is 0.251 e. The van der Waals surface area contributed by atoms with Gasteiger partial charge in [-0.15, -0.1) is 0 Å². The van der Waals surface area contributed by atoms with E-state index in [1.165, 1.54) is 7.11 Å². The van der Waals surface area contributed by atoms with Crippen LogP contribution in [0, 0.1) is 0 Å². The van der Waals surface area contributed by atoms with Crippen molar-refractivity contribution in [3.63, 3.8) is 0 Å². The molecule has 2 N–H and O–H groups in total. The molecular formula is C10H13NO3. The molecule has 0 heterocycles. The van der Waals surface area contributed by atoms with Crippen molar-refractivity contribution < 1.29 is 14.6 Å². The number of aliphatic hydroxyl groups is 1. The van der Waals surface area contributed by atoms with Gasteiger partial charge in [0.15, 0.2) is 0 Å². The van der Waals surface area contributed by atoms with Crippen LogP contribution in [0.3, 0.4) is 0 Å². The Morgan fingerprint density at radius 1 is 1.50 bits per heavy atom. The fraction of sp³-hybridized carbons (Fsp3) is 0.300. The van der Waals surface area contributed by atoms with Crippen LogP contribution in [0.15, 0.2) is 18.2 Å². The van der Waals surface area contributed by atoms with Gasteiger partial charge in [-0.25, -0.2) is 0 Å². The maximum atomic E-state index is 11.3. The van der Waals surface area contributed by atoms with Crippen molar-refractivity contribution in [2.24, 2.45) is 0 Å². The zero-order chi connectivity index (χ0) is 10.6. The summed E-state index contributed by atoms with van der Waals surface area (Å²) < 4.78 is 5.00. The van der Waals surface area contributed by atoms with Gasteiger partial charge in [-0.3, -0.25) is 4.79 Å². The van der Waals surface area contributed by atoms with E-state index in [0.29, 0.717) is 16.9 Å². The molecule has 1 aromatic carbocycles. The molecular weight excluding hydrogens is 182 g/mol. The molecule has 0 saturated heterocycles. The van der Waals surface area contributed by atoms with Crippen molar-refractivity contribution in [1.82, 2.24) is 5.32 Å². The van der Waals surface area contributed by atoms with Crippen LogP contribution in [0.4, 0.5) is 0 Å². The van der Waals surface area contributed by atoms with E-state index in [9.17, 15) is 4.79 Å². The van der Waals surface area contributed by atoms with Gasteiger partial charge in [0.2, 0.25) is 0 Å². The minimum atomic E-state index is -0.196. The lowest BCUT2D eigenvalue weighted by atomic mass is 10.1. The Morgan fingerprint density at radius 3 is 2.71 bits per heavy atom. The van der Waals surface area contributed by atoms with E-state index < -0.39 is 0 Å². The number of methoxy groups -OCH3 is 1. The van der Waals surface area contributed by atoms with Crippen molar-refractivity contribution in [2.45, 2.75) is 6.61 Å². The molecule has 1 rings (SSSR count). The molecule has 0 fully saturated rings. The molecule has 76 valence electrons. The molecule has 1 amide bonds. The van der Waals surface area contributed by atoms with E-state index in [-0.39, 0.29) is 12.5 Å². The van der Waals surface area contributed by atoms with Crippen LogP contribution in [-0.2, 0) is 6.61 Å². The van der Waals surface area contributed by atoms with Crippen molar-refractivity contribution in [3.05, 3.63) is 29.3 Å². The topological polar surface area (TPSA) is 58.6 Å². The number of carbonyl (C=O) groups excluding carboxylic acids is 1. The lowest BCUT2D eigenvalue weighted by Crippen LogP contribution is -2.18. The third kappa shape index (κ3) is 2.23. The summed E-state index contributed by atoms with van der Waals surface area (Å²) in [7, 11) is 3.07. The van der Waals surface area contributed by atoms with Gasteiger partial charge in [-0.1, -0.05) is 0 Å². The fourth-order valence-electron chi connectivity index (χ4n) is 1.15. The molecule has 1 aromatic rings. The number of rotatable bonds is 3. The number of aliphatic hydroxyl groups excluding tert-OH is 1. The fourth-order valence-corrected chi connectivity index (χ4v) is 1.15. The van der Waals surface area contributed by atoms with Crippen molar-refractivity contribution in [3.8, 4) is 5.75 Å². The number of benzene rings is 1. The predicted octanol–water partition coefficient (Wildman–Crippen LogP) is 0.547. The monoisotopic (exact) mass is 195 g/mol. The minimum absolute atomic E-state index is 0.110. The SMILES string of the molecule is CNC(=O)c1cc(CO)cc(OC)c1. The van der Waals surface area contributed by atoms with Crippen molar-refractivity contribution in [2.75, 3.05) is 14.2 Å². The third-order valence-corrected chi connectivity index (χ3v) is 1.87. The summed E-state index contributed by atoms with van der Waals surface area (Å²) in [4.78, 5) is 11.3. The largest absolute Gasteiger partial charge is 0.497 e. The first-order valence-electron chi connectivity index (χ1n) is 4.22. The van der Waals surface area contributed by atoms with E-state index >= 15 is 0 Å². The van der Waals surface area contributed by atoms with E-state index in [1.54, 1.807) is 25.2 Å². The van der Waals surface area contributed by atoms with E-state index in [0.717, 1.165) is 0 Å². The second-order valence-electron chi connectivity index (χ2n) is 2.81. The second-order valence-corrected chi connectivity index (χ2v) is 2.81. The van der Waals surface area contributed by atoms with Gasteiger partial charge >= 0.3 is 0 Å². The Bertz CT molecular complexity index is 314. The maximum absolute atomic E-state index is 11.3. The highest BCUT2D eigenvalue weighted by atomic mass is 16.5. The molecule has 0 saturated carbocycles. The number of hydrogen-bond acceptors (Lipinski definition) is 3. The summed E-state index contributed by atoms with van der Waals surface area (Å²) in [6.45, 7) is -0.110. The molecule has 0 aliphatic carbocycles. The normalized spacial score (nSPS) is 9.64. The van der Waals surface area contributed by atoms with Crippen molar-refractivity contribution >= 4 is 5.91 Å². The van der Waals surface area contributed by atoms with Gasteiger partial charge in [0.05, 0.1) is 13.7 Å². The molecule has 0 aliphatic heterocycles. The average molecular weight is 195 g/mol. The molecule has 0 unspecified atom stereocenters. The Morgan fingerprint density at radius 2 is 2.21 bits per heavy atom. The van der Waals surface area contributed by atoms with Crippen LogP contribution in [0.2, 0.25) is 0 Å². The van der Waals surface area contributed by atoms with E-state index in [4.69, 9.17) is 9.84 Å². The molecule has 0 bridgehead atoms. The lowest BCUT2D eigenvalue weighted by molar-refractivity contribution is 0.0962. The van der Waals surface area contributed by atoms with Crippen LogP contribution < -0.4 is 10.1 Å². The highest BCUT2D eigenvalue weighted by Crippen LogP contribution is 2.16. The number of carbonyl (C=O) groups is 1. The molecule has 0 radical (unpaired) electrons. The van der Waals surface area contributed by atoms with Crippen LogP contribution >= 0.6 is 0 Å². The van der Waals surface area contributed by atoms with Gasteiger partial charge in [-0.2, -0.15) is 0 Å².